The van der Waals surface area contributed by atoms with Crippen molar-refractivity contribution in [2.75, 3.05) is 19.0 Å². The fourth-order valence-corrected chi connectivity index (χ4v) is 2.57. The Morgan fingerprint density at radius 3 is 3.06 bits per heavy atom. The average molecular weight is 272 g/mol. The summed E-state index contributed by atoms with van der Waals surface area (Å²) in [6.45, 7) is 0.546. The molecule has 6 heteroatoms. The summed E-state index contributed by atoms with van der Waals surface area (Å²) in [5.41, 5.74) is 0. The number of aliphatic hydroxyl groups excluding tert-OH is 1. The minimum absolute atomic E-state index is 0.210. The van der Waals surface area contributed by atoms with E-state index in [9.17, 15) is 5.11 Å². The van der Waals surface area contributed by atoms with E-state index in [0.29, 0.717) is 29.3 Å². The summed E-state index contributed by atoms with van der Waals surface area (Å²) in [6, 6.07) is 1.96. The van der Waals surface area contributed by atoms with E-state index >= 15 is 0 Å². The number of nitrogens with zero attached hydrogens (tertiary/aromatic N) is 2. The van der Waals surface area contributed by atoms with Gasteiger partial charge in [0.1, 0.15) is 17.6 Å². The second-order valence-electron chi connectivity index (χ2n) is 4.55. The number of halogens is 1. The molecule has 2 atom stereocenters. The van der Waals surface area contributed by atoms with Crippen LogP contribution in [0.2, 0.25) is 5.15 Å². The van der Waals surface area contributed by atoms with Gasteiger partial charge >= 0.3 is 0 Å². The SMILES string of the molecule is COCc1nc(Cl)cc(NC2CCCC2CO)n1. The molecule has 1 aromatic rings. The Balaban J connectivity index is 2.08. The highest BCUT2D eigenvalue weighted by Crippen LogP contribution is 2.28. The minimum Gasteiger partial charge on any atom is -0.396 e. The summed E-state index contributed by atoms with van der Waals surface area (Å²) in [4.78, 5) is 8.42. The second-order valence-corrected chi connectivity index (χ2v) is 4.94. The normalized spacial score (nSPS) is 23.3. The molecular formula is C12H18ClN3O2. The molecule has 1 aliphatic rings. The number of aliphatic hydroxyl groups is 1. The summed E-state index contributed by atoms with van der Waals surface area (Å²) >= 11 is 5.95. The van der Waals surface area contributed by atoms with Gasteiger partial charge in [-0.05, 0) is 12.8 Å². The number of anilines is 1. The lowest BCUT2D eigenvalue weighted by atomic mass is 10.1. The summed E-state index contributed by atoms with van der Waals surface area (Å²) in [5, 5.41) is 13.0. The molecule has 0 radical (unpaired) electrons. The Kier molecular flexibility index (Phi) is 4.74. The molecule has 100 valence electrons. The first-order valence-corrected chi connectivity index (χ1v) is 6.50. The summed E-state index contributed by atoms with van der Waals surface area (Å²) in [7, 11) is 1.59. The van der Waals surface area contributed by atoms with E-state index in [4.69, 9.17) is 16.3 Å². The quantitative estimate of drug-likeness (QED) is 0.800. The lowest BCUT2D eigenvalue weighted by molar-refractivity contribution is 0.178. The third-order valence-electron chi connectivity index (χ3n) is 3.24. The van der Waals surface area contributed by atoms with Crippen molar-refractivity contribution in [3.63, 3.8) is 0 Å². The Labute approximate surface area is 112 Å². The number of rotatable bonds is 5. The highest BCUT2D eigenvalue weighted by atomic mass is 35.5. The van der Waals surface area contributed by atoms with Gasteiger partial charge in [-0.15, -0.1) is 0 Å². The molecule has 0 bridgehead atoms. The van der Waals surface area contributed by atoms with Crippen LogP contribution in [0.4, 0.5) is 5.82 Å². The van der Waals surface area contributed by atoms with Crippen molar-refractivity contribution in [3.05, 3.63) is 17.0 Å². The maximum Gasteiger partial charge on any atom is 0.158 e. The Bertz CT molecular complexity index is 403. The summed E-state index contributed by atoms with van der Waals surface area (Å²) in [6.07, 6.45) is 3.23. The molecule has 2 rings (SSSR count). The highest BCUT2D eigenvalue weighted by molar-refractivity contribution is 6.29. The van der Waals surface area contributed by atoms with Crippen LogP contribution in [0, 0.1) is 5.92 Å². The van der Waals surface area contributed by atoms with Crippen LogP contribution in [0.1, 0.15) is 25.1 Å². The first-order valence-electron chi connectivity index (χ1n) is 6.12. The van der Waals surface area contributed by atoms with Crippen LogP contribution in [-0.4, -0.2) is 34.8 Å². The number of hydrogen-bond donors (Lipinski definition) is 2. The second kappa shape index (κ2) is 6.31. The molecule has 0 aromatic carbocycles. The largest absolute Gasteiger partial charge is 0.396 e. The van der Waals surface area contributed by atoms with Gasteiger partial charge in [-0.2, -0.15) is 0 Å². The van der Waals surface area contributed by atoms with Crippen molar-refractivity contribution in [1.29, 1.82) is 0 Å². The van der Waals surface area contributed by atoms with E-state index in [1.165, 1.54) is 0 Å². The third-order valence-corrected chi connectivity index (χ3v) is 3.44. The van der Waals surface area contributed by atoms with Crippen molar-refractivity contribution in [1.82, 2.24) is 9.97 Å². The van der Waals surface area contributed by atoms with Crippen molar-refractivity contribution < 1.29 is 9.84 Å². The predicted octanol–water partition coefficient (Wildman–Crippen LogP) is 1.85. The molecule has 0 aliphatic heterocycles. The van der Waals surface area contributed by atoms with Crippen molar-refractivity contribution in [3.8, 4) is 0 Å². The molecule has 0 amide bonds. The van der Waals surface area contributed by atoms with Gasteiger partial charge in [0.15, 0.2) is 5.82 Å². The van der Waals surface area contributed by atoms with Crippen LogP contribution in [0.15, 0.2) is 6.07 Å². The highest BCUT2D eigenvalue weighted by Gasteiger charge is 2.26. The summed E-state index contributed by atoms with van der Waals surface area (Å²) in [5.74, 6) is 1.56. The van der Waals surface area contributed by atoms with Crippen LogP contribution in [0.25, 0.3) is 0 Å². The van der Waals surface area contributed by atoms with Gasteiger partial charge in [-0.3, -0.25) is 0 Å². The zero-order chi connectivity index (χ0) is 13.0. The summed E-state index contributed by atoms with van der Waals surface area (Å²) < 4.78 is 5.00. The maximum atomic E-state index is 9.29. The van der Waals surface area contributed by atoms with Crippen molar-refractivity contribution >= 4 is 17.4 Å². The van der Waals surface area contributed by atoms with Gasteiger partial charge in [0.2, 0.25) is 0 Å². The van der Waals surface area contributed by atoms with Gasteiger partial charge in [-0.1, -0.05) is 18.0 Å². The molecule has 1 fully saturated rings. The van der Waals surface area contributed by atoms with Crippen LogP contribution >= 0.6 is 11.6 Å². The molecule has 5 nitrogen and oxygen atoms in total. The zero-order valence-corrected chi connectivity index (χ0v) is 11.2. The number of aromatic nitrogens is 2. The first kappa shape index (κ1) is 13.5. The molecule has 18 heavy (non-hydrogen) atoms. The molecule has 2 N–H and O–H groups in total. The molecular weight excluding hydrogens is 254 g/mol. The Morgan fingerprint density at radius 1 is 1.50 bits per heavy atom. The number of hydrogen-bond acceptors (Lipinski definition) is 5. The zero-order valence-electron chi connectivity index (χ0n) is 10.4. The van der Waals surface area contributed by atoms with Crippen LogP contribution in [-0.2, 0) is 11.3 Å². The van der Waals surface area contributed by atoms with Crippen LogP contribution in [0.3, 0.4) is 0 Å². The monoisotopic (exact) mass is 271 g/mol. The van der Waals surface area contributed by atoms with E-state index in [1.54, 1.807) is 13.2 Å². The average Bonchev–Trinajstić information content (AvgIpc) is 2.76. The van der Waals surface area contributed by atoms with Gasteiger partial charge in [0.05, 0.1) is 0 Å². The lowest BCUT2D eigenvalue weighted by Crippen LogP contribution is -2.27. The molecule has 1 aromatic heterocycles. The number of ether oxygens (including phenoxy) is 1. The predicted molar refractivity (Wildman–Crippen MR) is 69.6 cm³/mol. The standard InChI is InChI=1S/C12H18ClN3O2/c1-18-7-12-15-10(13)5-11(16-12)14-9-4-2-3-8(9)6-17/h5,8-9,17H,2-4,6-7H2,1H3,(H,14,15,16). The molecule has 1 saturated carbocycles. The lowest BCUT2D eigenvalue weighted by Gasteiger charge is -2.19. The topological polar surface area (TPSA) is 67.3 Å². The maximum absolute atomic E-state index is 9.29. The van der Waals surface area contributed by atoms with E-state index in [-0.39, 0.29) is 12.6 Å². The van der Waals surface area contributed by atoms with Crippen molar-refractivity contribution in [2.24, 2.45) is 5.92 Å². The van der Waals surface area contributed by atoms with Crippen LogP contribution in [0.5, 0.6) is 0 Å². The number of methoxy groups -OCH3 is 1. The fourth-order valence-electron chi connectivity index (χ4n) is 2.37. The first-order chi connectivity index (χ1) is 8.72. The van der Waals surface area contributed by atoms with Crippen LogP contribution < -0.4 is 5.32 Å². The molecule has 0 saturated heterocycles. The Morgan fingerprint density at radius 2 is 2.33 bits per heavy atom. The smallest absolute Gasteiger partial charge is 0.158 e. The molecule has 1 aliphatic carbocycles. The van der Waals surface area contributed by atoms with Gasteiger partial charge in [0, 0.05) is 31.7 Å². The third kappa shape index (κ3) is 3.31. The van der Waals surface area contributed by atoms with Gasteiger partial charge < -0.3 is 15.2 Å². The fraction of sp³-hybridized carbons (Fsp3) is 0.667. The van der Waals surface area contributed by atoms with E-state index in [1.807, 2.05) is 0 Å². The van der Waals surface area contributed by atoms with Gasteiger partial charge in [-0.25, -0.2) is 9.97 Å². The Hall–Kier alpha value is -0.910. The van der Waals surface area contributed by atoms with E-state index in [0.717, 1.165) is 19.3 Å². The van der Waals surface area contributed by atoms with E-state index in [2.05, 4.69) is 15.3 Å². The molecule has 0 spiro atoms. The van der Waals surface area contributed by atoms with E-state index < -0.39 is 0 Å². The van der Waals surface area contributed by atoms with Gasteiger partial charge in [0.25, 0.3) is 0 Å². The minimum atomic E-state index is 0.210. The molecule has 1 heterocycles. The van der Waals surface area contributed by atoms with Crippen molar-refractivity contribution in [2.45, 2.75) is 31.9 Å². The molecule has 2 unspecified atom stereocenters. The number of nitrogens with one attached hydrogen (secondary N) is 1.